The Bertz CT molecular complexity index is 372. The Morgan fingerprint density at radius 1 is 1.56 bits per heavy atom. The Hall–Kier alpha value is -0.380. The van der Waals surface area contributed by atoms with Gasteiger partial charge in [0.1, 0.15) is 0 Å². The van der Waals surface area contributed by atoms with Gasteiger partial charge in [-0.05, 0) is 67.8 Å². The molecule has 2 fully saturated rings. The molecular formula is C15H23NOS. The molecule has 1 aliphatic heterocycles. The van der Waals surface area contributed by atoms with Gasteiger partial charge in [0.25, 0.3) is 0 Å². The summed E-state index contributed by atoms with van der Waals surface area (Å²) in [5.41, 5.74) is 1.73. The zero-order chi connectivity index (χ0) is 12.4. The highest BCUT2D eigenvalue weighted by Crippen LogP contribution is 2.42. The first kappa shape index (κ1) is 12.6. The second-order valence-corrected chi connectivity index (χ2v) is 6.76. The van der Waals surface area contributed by atoms with Crippen molar-refractivity contribution < 1.29 is 4.74 Å². The van der Waals surface area contributed by atoms with E-state index in [2.05, 4.69) is 29.1 Å². The number of rotatable bonds is 4. The number of ether oxygens (including phenoxy) is 1. The zero-order valence-corrected chi connectivity index (χ0v) is 12.0. The summed E-state index contributed by atoms with van der Waals surface area (Å²) in [5, 5.41) is 8.23. The van der Waals surface area contributed by atoms with E-state index in [1.54, 1.807) is 11.3 Å². The fraction of sp³-hybridized carbons (Fsp3) is 0.733. The monoisotopic (exact) mass is 265 g/mol. The molecule has 2 heterocycles. The fourth-order valence-electron chi connectivity index (χ4n) is 3.31. The van der Waals surface area contributed by atoms with Crippen LogP contribution in [0.15, 0.2) is 16.8 Å². The number of nitrogens with one attached hydrogen (secondary N) is 1. The summed E-state index contributed by atoms with van der Waals surface area (Å²) >= 11 is 1.79. The van der Waals surface area contributed by atoms with Crippen LogP contribution in [0.25, 0.3) is 0 Å². The molecule has 3 rings (SSSR count). The van der Waals surface area contributed by atoms with Crippen molar-refractivity contribution in [3.8, 4) is 0 Å². The van der Waals surface area contributed by atoms with Gasteiger partial charge in [0.15, 0.2) is 0 Å². The minimum absolute atomic E-state index is 0.262. The molecule has 1 aromatic rings. The molecule has 1 N–H and O–H groups in total. The van der Waals surface area contributed by atoms with Gasteiger partial charge in [0.2, 0.25) is 0 Å². The summed E-state index contributed by atoms with van der Waals surface area (Å²) in [5.74, 6) is 0. The average Bonchev–Trinajstić information content (AvgIpc) is 2.80. The maximum Gasteiger partial charge on any atom is 0.0697 e. The van der Waals surface area contributed by atoms with Crippen LogP contribution in [0.2, 0.25) is 0 Å². The van der Waals surface area contributed by atoms with Crippen LogP contribution in [0.4, 0.5) is 0 Å². The lowest BCUT2D eigenvalue weighted by Crippen LogP contribution is -2.52. The molecule has 100 valence electrons. The molecule has 0 aromatic carbocycles. The summed E-state index contributed by atoms with van der Waals surface area (Å²) in [7, 11) is 0. The Labute approximate surface area is 114 Å². The lowest BCUT2D eigenvalue weighted by atomic mass is 9.74. The fourth-order valence-corrected chi connectivity index (χ4v) is 3.99. The van der Waals surface area contributed by atoms with Crippen molar-refractivity contribution in [2.45, 2.75) is 63.1 Å². The van der Waals surface area contributed by atoms with Crippen LogP contribution in [0, 0.1) is 0 Å². The number of hydrogen-bond acceptors (Lipinski definition) is 3. The van der Waals surface area contributed by atoms with Crippen LogP contribution in [-0.4, -0.2) is 24.3 Å². The molecule has 1 aliphatic carbocycles. The summed E-state index contributed by atoms with van der Waals surface area (Å²) < 4.78 is 5.98. The SMILES string of the molecule is CC(Cc1ccsc1)NC1CCOC2(CCC2)C1. The van der Waals surface area contributed by atoms with Gasteiger partial charge in [-0.1, -0.05) is 0 Å². The first-order valence-corrected chi connectivity index (χ1v) is 8.11. The summed E-state index contributed by atoms with van der Waals surface area (Å²) in [4.78, 5) is 0. The highest BCUT2D eigenvalue weighted by atomic mass is 32.1. The van der Waals surface area contributed by atoms with E-state index in [0.717, 1.165) is 13.0 Å². The normalized spacial score (nSPS) is 27.9. The quantitative estimate of drug-likeness (QED) is 0.901. The third kappa shape index (κ3) is 2.79. The van der Waals surface area contributed by atoms with Crippen molar-refractivity contribution in [2.75, 3.05) is 6.61 Å². The van der Waals surface area contributed by atoms with E-state index in [0.29, 0.717) is 12.1 Å². The van der Waals surface area contributed by atoms with Crippen LogP contribution in [0.1, 0.15) is 44.6 Å². The van der Waals surface area contributed by atoms with E-state index in [9.17, 15) is 0 Å². The summed E-state index contributed by atoms with van der Waals surface area (Å²) in [6.45, 7) is 3.25. The second-order valence-electron chi connectivity index (χ2n) is 5.98. The first-order chi connectivity index (χ1) is 8.76. The van der Waals surface area contributed by atoms with Gasteiger partial charge < -0.3 is 10.1 Å². The molecule has 0 radical (unpaired) electrons. The van der Waals surface area contributed by atoms with Gasteiger partial charge in [-0.15, -0.1) is 0 Å². The van der Waals surface area contributed by atoms with Crippen LogP contribution < -0.4 is 5.32 Å². The molecule has 1 saturated heterocycles. The zero-order valence-electron chi connectivity index (χ0n) is 11.2. The van der Waals surface area contributed by atoms with Gasteiger partial charge in [-0.3, -0.25) is 0 Å². The summed E-state index contributed by atoms with van der Waals surface area (Å²) in [6.07, 6.45) is 7.47. The van der Waals surface area contributed by atoms with Crippen molar-refractivity contribution in [1.29, 1.82) is 0 Å². The maximum absolute atomic E-state index is 5.98. The molecule has 0 amide bonds. The Morgan fingerprint density at radius 3 is 3.11 bits per heavy atom. The second kappa shape index (κ2) is 5.32. The van der Waals surface area contributed by atoms with Gasteiger partial charge in [-0.2, -0.15) is 11.3 Å². The minimum Gasteiger partial charge on any atom is -0.375 e. The third-order valence-electron chi connectivity index (χ3n) is 4.40. The predicted octanol–water partition coefficient (Wildman–Crippen LogP) is 3.37. The standard InChI is InChI=1S/C15H23NOS/c1-12(9-13-4-8-18-11-13)16-14-3-7-17-15(10-14)5-2-6-15/h4,8,11-12,14,16H,2-3,5-7,9-10H2,1H3. The van der Waals surface area contributed by atoms with E-state index in [-0.39, 0.29) is 5.60 Å². The summed E-state index contributed by atoms with van der Waals surface area (Å²) in [6, 6.07) is 3.47. The molecular weight excluding hydrogens is 242 g/mol. The van der Waals surface area contributed by atoms with Gasteiger partial charge in [0, 0.05) is 18.7 Å². The van der Waals surface area contributed by atoms with Crippen molar-refractivity contribution >= 4 is 11.3 Å². The van der Waals surface area contributed by atoms with Gasteiger partial charge >= 0.3 is 0 Å². The molecule has 2 atom stereocenters. The van der Waals surface area contributed by atoms with Crippen LogP contribution in [-0.2, 0) is 11.2 Å². The highest BCUT2D eigenvalue weighted by Gasteiger charge is 2.42. The lowest BCUT2D eigenvalue weighted by molar-refractivity contribution is -0.136. The minimum atomic E-state index is 0.262. The highest BCUT2D eigenvalue weighted by molar-refractivity contribution is 7.07. The van der Waals surface area contributed by atoms with Crippen LogP contribution in [0.5, 0.6) is 0 Å². The van der Waals surface area contributed by atoms with E-state index >= 15 is 0 Å². The number of thiophene rings is 1. The molecule has 1 saturated carbocycles. The van der Waals surface area contributed by atoms with E-state index in [4.69, 9.17) is 4.74 Å². The molecule has 1 aromatic heterocycles. The lowest BCUT2D eigenvalue weighted by Gasteiger charge is -2.47. The largest absolute Gasteiger partial charge is 0.375 e. The van der Waals surface area contributed by atoms with Gasteiger partial charge in [-0.25, -0.2) is 0 Å². The topological polar surface area (TPSA) is 21.3 Å². The molecule has 18 heavy (non-hydrogen) atoms. The average molecular weight is 265 g/mol. The first-order valence-electron chi connectivity index (χ1n) is 7.17. The molecule has 1 spiro atoms. The molecule has 0 bridgehead atoms. The van der Waals surface area contributed by atoms with Crippen LogP contribution in [0.3, 0.4) is 0 Å². The van der Waals surface area contributed by atoms with Gasteiger partial charge in [0.05, 0.1) is 5.60 Å². The molecule has 2 aliphatic rings. The van der Waals surface area contributed by atoms with E-state index in [1.165, 1.54) is 37.7 Å². The number of hydrogen-bond donors (Lipinski definition) is 1. The smallest absolute Gasteiger partial charge is 0.0697 e. The molecule has 2 nitrogen and oxygen atoms in total. The predicted molar refractivity (Wildman–Crippen MR) is 76.2 cm³/mol. The Morgan fingerprint density at radius 2 is 2.44 bits per heavy atom. The molecule has 2 unspecified atom stereocenters. The Kier molecular flexibility index (Phi) is 3.73. The van der Waals surface area contributed by atoms with Crippen molar-refractivity contribution in [3.63, 3.8) is 0 Å². The van der Waals surface area contributed by atoms with Crippen molar-refractivity contribution in [1.82, 2.24) is 5.32 Å². The van der Waals surface area contributed by atoms with Crippen molar-refractivity contribution in [3.05, 3.63) is 22.4 Å². The maximum atomic E-state index is 5.98. The van der Waals surface area contributed by atoms with E-state index < -0.39 is 0 Å². The van der Waals surface area contributed by atoms with E-state index in [1.807, 2.05) is 0 Å². The Balaban J connectivity index is 1.49. The van der Waals surface area contributed by atoms with Crippen molar-refractivity contribution in [2.24, 2.45) is 0 Å². The third-order valence-corrected chi connectivity index (χ3v) is 5.13. The van der Waals surface area contributed by atoms with Crippen LogP contribution >= 0.6 is 11.3 Å². The molecule has 3 heteroatoms.